The molecule has 0 spiro atoms. The van der Waals surface area contributed by atoms with Gasteiger partial charge in [-0.25, -0.2) is 0 Å². The Kier molecular flexibility index (Phi) is 4.02. The second kappa shape index (κ2) is 5.53. The second-order valence-corrected chi connectivity index (χ2v) is 5.26. The summed E-state index contributed by atoms with van der Waals surface area (Å²) in [6, 6.07) is 7.71. The lowest BCUT2D eigenvalue weighted by molar-refractivity contribution is -0.136. The van der Waals surface area contributed by atoms with Gasteiger partial charge in [-0.3, -0.25) is 4.79 Å². The summed E-state index contributed by atoms with van der Waals surface area (Å²) in [6.07, 6.45) is 3.40. The van der Waals surface area contributed by atoms with E-state index in [1.807, 2.05) is 36.1 Å². The summed E-state index contributed by atoms with van der Waals surface area (Å²) in [7, 11) is 0. The maximum Gasteiger partial charge on any atom is 0.244 e. The molecule has 0 aromatic heterocycles. The number of rotatable bonds is 2. The fourth-order valence-electron chi connectivity index (χ4n) is 2.52. The molecule has 98 valence electrons. The van der Waals surface area contributed by atoms with Gasteiger partial charge in [-0.1, -0.05) is 29.8 Å². The molecule has 0 bridgehead atoms. The SMILES string of the molecule is Cc1ccc(C(N)C(=O)N2CCCCC2C)cc1. The molecule has 1 saturated heterocycles. The van der Waals surface area contributed by atoms with Gasteiger partial charge in [0, 0.05) is 12.6 Å². The first-order valence-electron chi connectivity index (χ1n) is 6.72. The van der Waals surface area contributed by atoms with E-state index in [-0.39, 0.29) is 5.91 Å². The quantitative estimate of drug-likeness (QED) is 0.871. The molecule has 2 unspecified atom stereocenters. The summed E-state index contributed by atoms with van der Waals surface area (Å²) in [5.41, 5.74) is 8.18. The summed E-state index contributed by atoms with van der Waals surface area (Å²) in [5.74, 6) is 0.0612. The molecule has 2 atom stereocenters. The lowest BCUT2D eigenvalue weighted by Crippen LogP contribution is -2.46. The zero-order chi connectivity index (χ0) is 13.1. The Morgan fingerprint density at radius 1 is 1.33 bits per heavy atom. The van der Waals surface area contributed by atoms with Crippen molar-refractivity contribution in [1.29, 1.82) is 0 Å². The van der Waals surface area contributed by atoms with E-state index in [1.165, 1.54) is 12.0 Å². The molecule has 1 fully saturated rings. The molecule has 2 rings (SSSR count). The van der Waals surface area contributed by atoms with Crippen LogP contribution < -0.4 is 5.73 Å². The average molecular weight is 246 g/mol. The first kappa shape index (κ1) is 13.1. The van der Waals surface area contributed by atoms with Gasteiger partial charge in [0.05, 0.1) is 0 Å². The minimum atomic E-state index is -0.522. The Morgan fingerprint density at radius 2 is 2.00 bits per heavy atom. The van der Waals surface area contributed by atoms with E-state index >= 15 is 0 Å². The van der Waals surface area contributed by atoms with Crippen molar-refractivity contribution in [2.24, 2.45) is 5.73 Å². The van der Waals surface area contributed by atoms with Crippen LogP contribution >= 0.6 is 0 Å². The number of aryl methyl sites for hydroxylation is 1. The largest absolute Gasteiger partial charge is 0.338 e. The van der Waals surface area contributed by atoms with E-state index in [4.69, 9.17) is 5.73 Å². The molecule has 0 radical (unpaired) electrons. The van der Waals surface area contributed by atoms with Crippen LogP contribution in [0.25, 0.3) is 0 Å². The lowest BCUT2D eigenvalue weighted by atomic mass is 10.00. The van der Waals surface area contributed by atoms with Gasteiger partial charge in [0.15, 0.2) is 0 Å². The third kappa shape index (κ3) is 2.72. The minimum absolute atomic E-state index is 0.0612. The third-order valence-corrected chi connectivity index (χ3v) is 3.79. The monoisotopic (exact) mass is 246 g/mol. The maximum atomic E-state index is 12.4. The molecule has 1 aliphatic rings. The van der Waals surface area contributed by atoms with Crippen LogP contribution in [0, 0.1) is 6.92 Å². The number of hydrogen-bond donors (Lipinski definition) is 1. The van der Waals surface area contributed by atoms with E-state index in [2.05, 4.69) is 6.92 Å². The Balaban J connectivity index is 2.10. The highest BCUT2D eigenvalue weighted by molar-refractivity contribution is 5.83. The topological polar surface area (TPSA) is 46.3 Å². The van der Waals surface area contributed by atoms with E-state index in [9.17, 15) is 4.79 Å². The lowest BCUT2D eigenvalue weighted by Gasteiger charge is -2.35. The molecule has 3 heteroatoms. The number of amides is 1. The summed E-state index contributed by atoms with van der Waals surface area (Å²) < 4.78 is 0. The van der Waals surface area contributed by atoms with Crippen molar-refractivity contribution in [2.45, 2.75) is 45.2 Å². The van der Waals surface area contributed by atoms with Gasteiger partial charge < -0.3 is 10.6 Å². The number of piperidine rings is 1. The zero-order valence-electron chi connectivity index (χ0n) is 11.2. The highest BCUT2D eigenvalue weighted by Gasteiger charge is 2.27. The van der Waals surface area contributed by atoms with Gasteiger partial charge >= 0.3 is 0 Å². The predicted octanol–water partition coefficient (Wildman–Crippen LogP) is 2.40. The summed E-state index contributed by atoms with van der Waals surface area (Å²) >= 11 is 0. The standard InChI is InChI=1S/C15H22N2O/c1-11-6-8-13(9-7-11)14(16)15(18)17-10-4-3-5-12(17)2/h6-9,12,14H,3-5,10,16H2,1-2H3. The molecule has 0 aliphatic carbocycles. The van der Waals surface area contributed by atoms with Crippen molar-refractivity contribution >= 4 is 5.91 Å². The first-order chi connectivity index (χ1) is 8.59. The van der Waals surface area contributed by atoms with Gasteiger partial charge in [0.1, 0.15) is 6.04 Å². The van der Waals surface area contributed by atoms with Gasteiger partial charge in [-0.05, 0) is 38.7 Å². The highest BCUT2D eigenvalue weighted by Crippen LogP contribution is 2.21. The van der Waals surface area contributed by atoms with Gasteiger partial charge in [0.25, 0.3) is 0 Å². The second-order valence-electron chi connectivity index (χ2n) is 5.26. The Hall–Kier alpha value is -1.35. The van der Waals surface area contributed by atoms with Gasteiger partial charge in [-0.15, -0.1) is 0 Å². The molecule has 1 amide bonds. The van der Waals surface area contributed by atoms with E-state index in [0.29, 0.717) is 6.04 Å². The average Bonchev–Trinajstić information content (AvgIpc) is 2.38. The minimum Gasteiger partial charge on any atom is -0.338 e. The van der Waals surface area contributed by atoms with Crippen LogP contribution in [0.1, 0.15) is 43.4 Å². The summed E-state index contributed by atoms with van der Waals surface area (Å²) in [4.78, 5) is 14.3. The van der Waals surface area contributed by atoms with Crippen LogP contribution in [0.2, 0.25) is 0 Å². The number of likely N-dealkylation sites (tertiary alicyclic amines) is 1. The molecule has 18 heavy (non-hydrogen) atoms. The van der Waals surface area contributed by atoms with Crippen LogP contribution in [0.3, 0.4) is 0 Å². The summed E-state index contributed by atoms with van der Waals surface area (Å²) in [5, 5.41) is 0. The van der Waals surface area contributed by atoms with Crippen molar-refractivity contribution in [3.63, 3.8) is 0 Å². The fourth-order valence-corrected chi connectivity index (χ4v) is 2.52. The first-order valence-corrected chi connectivity index (χ1v) is 6.72. The van der Waals surface area contributed by atoms with Gasteiger partial charge in [0.2, 0.25) is 5.91 Å². The van der Waals surface area contributed by atoms with Crippen molar-refractivity contribution in [3.05, 3.63) is 35.4 Å². The maximum absolute atomic E-state index is 12.4. The number of nitrogens with zero attached hydrogens (tertiary/aromatic N) is 1. The van der Waals surface area contributed by atoms with Crippen LogP contribution in [-0.4, -0.2) is 23.4 Å². The normalized spacial score (nSPS) is 21.7. The van der Waals surface area contributed by atoms with E-state index < -0.39 is 6.04 Å². The van der Waals surface area contributed by atoms with Crippen molar-refractivity contribution < 1.29 is 4.79 Å². The smallest absolute Gasteiger partial charge is 0.244 e. The molecule has 1 aromatic carbocycles. The van der Waals surface area contributed by atoms with E-state index in [1.54, 1.807) is 0 Å². The molecular weight excluding hydrogens is 224 g/mol. The van der Waals surface area contributed by atoms with Gasteiger partial charge in [-0.2, -0.15) is 0 Å². The number of nitrogens with two attached hydrogens (primary N) is 1. The molecule has 2 N–H and O–H groups in total. The molecule has 1 aromatic rings. The van der Waals surface area contributed by atoms with E-state index in [0.717, 1.165) is 24.9 Å². The van der Waals surface area contributed by atoms with Crippen molar-refractivity contribution in [1.82, 2.24) is 4.90 Å². The Labute approximate surface area is 109 Å². The number of benzene rings is 1. The van der Waals surface area contributed by atoms with Crippen LogP contribution in [0.15, 0.2) is 24.3 Å². The molecule has 1 aliphatic heterocycles. The van der Waals surface area contributed by atoms with Crippen LogP contribution in [0.5, 0.6) is 0 Å². The number of hydrogen-bond acceptors (Lipinski definition) is 2. The Morgan fingerprint density at radius 3 is 2.61 bits per heavy atom. The van der Waals surface area contributed by atoms with Crippen molar-refractivity contribution in [3.8, 4) is 0 Å². The zero-order valence-corrected chi connectivity index (χ0v) is 11.2. The Bertz CT molecular complexity index is 413. The van der Waals surface area contributed by atoms with Crippen LogP contribution in [-0.2, 0) is 4.79 Å². The molecule has 0 saturated carbocycles. The number of carbonyl (C=O) groups excluding carboxylic acids is 1. The van der Waals surface area contributed by atoms with Crippen molar-refractivity contribution in [2.75, 3.05) is 6.54 Å². The predicted molar refractivity (Wildman–Crippen MR) is 73.1 cm³/mol. The summed E-state index contributed by atoms with van der Waals surface area (Å²) in [6.45, 7) is 4.99. The third-order valence-electron chi connectivity index (χ3n) is 3.79. The number of carbonyl (C=O) groups is 1. The molecular formula is C15H22N2O. The fraction of sp³-hybridized carbons (Fsp3) is 0.533. The molecule has 3 nitrogen and oxygen atoms in total. The highest BCUT2D eigenvalue weighted by atomic mass is 16.2. The van der Waals surface area contributed by atoms with Crippen LogP contribution in [0.4, 0.5) is 0 Å². The molecule has 1 heterocycles.